The van der Waals surface area contributed by atoms with Crippen molar-refractivity contribution < 1.29 is 22.7 Å². The van der Waals surface area contributed by atoms with Gasteiger partial charge in [-0.25, -0.2) is 8.42 Å². The van der Waals surface area contributed by atoms with E-state index in [0.29, 0.717) is 26.5 Å². The first-order chi connectivity index (χ1) is 21.0. The summed E-state index contributed by atoms with van der Waals surface area (Å²) in [6.45, 7) is 1.36. The zero-order chi connectivity index (χ0) is 31.9. The summed E-state index contributed by atoms with van der Waals surface area (Å²) in [6.07, 6.45) is 0.218. The molecule has 44 heavy (non-hydrogen) atoms. The quantitative estimate of drug-likeness (QED) is 0.196. The van der Waals surface area contributed by atoms with Gasteiger partial charge in [0.15, 0.2) is 0 Å². The molecule has 4 aromatic rings. The van der Waals surface area contributed by atoms with Crippen LogP contribution in [0.2, 0.25) is 5.02 Å². The van der Waals surface area contributed by atoms with E-state index in [-0.39, 0.29) is 23.8 Å². The topological polar surface area (TPSA) is 96.0 Å². The monoisotopic (exact) mass is 697 g/mol. The molecule has 4 aromatic carbocycles. The molecule has 1 atom stereocenters. The van der Waals surface area contributed by atoms with Crippen molar-refractivity contribution in [1.29, 1.82) is 0 Å². The molecule has 11 heteroatoms. The van der Waals surface area contributed by atoms with Gasteiger partial charge in [-0.2, -0.15) is 0 Å². The van der Waals surface area contributed by atoms with Gasteiger partial charge in [-0.05, 0) is 76.4 Å². The predicted molar refractivity (Wildman–Crippen MR) is 176 cm³/mol. The van der Waals surface area contributed by atoms with Gasteiger partial charge in [-0.1, -0.05) is 71.8 Å². The summed E-state index contributed by atoms with van der Waals surface area (Å²) >= 11 is 9.63. The summed E-state index contributed by atoms with van der Waals surface area (Å²) in [5, 5.41) is 3.15. The third kappa shape index (κ3) is 7.99. The van der Waals surface area contributed by atoms with Gasteiger partial charge in [0.05, 0.1) is 22.2 Å². The zero-order valence-corrected chi connectivity index (χ0v) is 27.7. The van der Waals surface area contributed by atoms with Crippen molar-refractivity contribution in [2.24, 2.45) is 0 Å². The van der Waals surface area contributed by atoms with Gasteiger partial charge in [0, 0.05) is 25.0 Å². The maximum absolute atomic E-state index is 14.4. The molecule has 230 valence electrons. The maximum atomic E-state index is 14.4. The zero-order valence-electron chi connectivity index (χ0n) is 24.5. The van der Waals surface area contributed by atoms with Crippen molar-refractivity contribution >= 4 is 55.1 Å². The minimum absolute atomic E-state index is 0.0280. The molecule has 1 N–H and O–H groups in total. The number of sulfonamides is 1. The fourth-order valence-electron chi connectivity index (χ4n) is 4.73. The fourth-order valence-corrected chi connectivity index (χ4v) is 7.07. The van der Waals surface area contributed by atoms with E-state index in [1.54, 1.807) is 54.6 Å². The van der Waals surface area contributed by atoms with E-state index in [2.05, 4.69) is 21.2 Å². The molecular weight excluding hydrogens is 666 g/mol. The van der Waals surface area contributed by atoms with Gasteiger partial charge in [0.25, 0.3) is 10.0 Å². The number of rotatable bonds is 12. The molecule has 0 spiro atoms. The molecule has 0 fully saturated rings. The van der Waals surface area contributed by atoms with E-state index in [1.165, 1.54) is 31.2 Å². The smallest absolute Gasteiger partial charge is 0.264 e. The molecular formula is C33H33BrClN3O5S. The van der Waals surface area contributed by atoms with Crippen LogP contribution in [0.4, 0.5) is 5.69 Å². The Morgan fingerprint density at radius 2 is 1.61 bits per heavy atom. The second-order valence-electron chi connectivity index (χ2n) is 10.1. The summed E-state index contributed by atoms with van der Waals surface area (Å²) in [5.74, 6) is -0.483. The second kappa shape index (κ2) is 14.7. The number of likely N-dealkylation sites (N-methyl/N-ethyl adjacent to an activating group) is 1. The maximum Gasteiger partial charge on any atom is 0.264 e. The molecule has 8 nitrogen and oxygen atoms in total. The molecule has 0 bridgehead atoms. The molecule has 0 saturated carbocycles. The second-order valence-corrected chi connectivity index (χ2v) is 13.3. The van der Waals surface area contributed by atoms with Crippen LogP contribution in [-0.4, -0.2) is 51.9 Å². The SMILES string of the molecule is CNC(=O)[C@H](Cc1ccccc1)N(Cc1cccc(Cl)c1)C(=O)CN(c1ccc(C)cc1)S(=O)(=O)c1ccc(OC)c(Br)c1. The van der Waals surface area contributed by atoms with Crippen molar-refractivity contribution in [2.75, 3.05) is 25.0 Å². The molecule has 0 aliphatic carbocycles. The number of hydrogen-bond acceptors (Lipinski definition) is 5. The van der Waals surface area contributed by atoms with Crippen molar-refractivity contribution in [3.05, 3.63) is 123 Å². The highest BCUT2D eigenvalue weighted by Gasteiger charge is 2.34. The molecule has 0 heterocycles. The molecule has 0 saturated heterocycles. The van der Waals surface area contributed by atoms with Gasteiger partial charge in [0.2, 0.25) is 11.8 Å². The number of aryl methyl sites for hydroxylation is 1. The Hall–Kier alpha value is -3.86. The number of methoxy groups -OCH3 is 1. The number of carbonyl (C=O) groups excluding carboxylic acids is 2. The number of benzene rings is 4. The summed E-state index contributed by atoms with van der Waals surface area (Å²) in [5.41, 5.74) is 2.76. The van der Waals surface area contributed by atoms with Gasteiger partial charge in [-0.3, -0.25) is 13.9 Å². The van der Waals surface area contributed by atoms with Gasteiger partial charge >= 0.3 is 0 Å². The number of ether oxygens (including phenoxy) is 1. The number of carbonyl (C=O) groups is 2. The molecule has 0 unspecified atom stereocenters. The number of hydrogen-bond donors (Lipinski definition) is 1. The summed E-state index contributed by atoms with van der Waals surface area (Å²) < 4.78 is 35.1. The summed E-state index contributed by atoms with van der Waals surface area (Å²) in [7, 11) is -1.26. The number of nitrogens with zero attached hydrogens (tertiary/aromatic N) is 2. The third-order valence-electron chi connectivity index (χ3n) is 7.07. The van der Waals surface area contributed by atoms with Gasteiger partial charge in [0.1, 0.15) is 18.3 Å². The van der Waals surface area contributed by atoms with Crippen molar-refractivity contribution in [3.8, 4) is 5.75 Å². The molecule has 0 aliphatic rings. The first-order valence-corrected chi connectivity index (χ1v) is 16.4. The van der Waals surface area contributed by atoms with Gasteiger partial charge in [-0.15, -0.1) is 0 Å². The van der Waals surface area contributed by atoms with Crippen molar-refractivity contribution in [2.45, 2.75) is 30.8 Å². The van der Waals surface area contributed by atoms with E-state index in [0.717, 1.165) is 15.4 Å². The highest BCUT2D eigenvalue weighted by atomic mass is 79.9. The Morgan fingerprint density at radius 1 is 0.932 bits per heavy atom. The van der Waals surface area contributed by atoms with Crippen molar-refractivity contribution in [1.82, 2.24) is 10.2 Å². The van der Waals surface area contributed by atoms with E-state index in [4.69, 9.17) is 16.3 Å². The van der Waals surface area contributed by atoms with Gasteiger partial charge < -0.3 is 15.0 Å². The average Bonchev–Trinajstić information content (AvgIpc) is 3.02. The van der Waals surface area contributed by atoms with Crippen LogP contribution in [-0.2, 0) is 32.6 Å². The largest absolute Gasteiger partial charge is 0.496 e. The van der Waals surface area contributed by atoms with Crippen LogP contribution in [0, 0.1) is 6.92 Å². The van der Waals surface area contributed by atoms with E-state index in [9.17, 15) is 18.0 Å². The van der Waals surface area contributed by atoms with Crippen LogP contribution in [0.25, 0.3) is 0 Å². The highest BCUT2D eigenvalue weighted by Crippen LogP contribution is 2.31. The Morgan fingerprint density at radius 3 is 2.23 bits per heavy atom. The van der Waals surface area contributed by atoms with Crippen LogP contribution in [0.3, 0.4) is 0 Å². The molecule has 4 rings (SSSR count). The third-order valence-corrected chi connectivity index (χ3v) is 9.70. The van der Waals surface area contributed by atoms with E-state index in [1.807, 2.05) is 37.3 Å². The van der Waals surface area contributed by atoms with Crippen LogP contribution >= 0.6 is 27.5 Å². The summed E-state index contributed by atoms with van der Waals surface area (Å²) in [4.78, 5) is 29.1. The number of halogens is 2. The lowest BCUT2D eigenvalue weighted by Gasteiger charge is -2.33. The standard InChI is InChI=1S/C33H33BrClN3O5S/c1-23-12-14-27(15-13-23)38(44(41,42)28-16-17-31(43-3)29(34)20-28)22-32(39)37(21-25-10-7-11-26(35)18-25)30(33(40)36-2)19-24-8-5-4-6-9-24/h4-18,20,30H,19,21-22H2,1-3H3,(H,36,40)/t30-/m0/s1. The van der Waals surface area contributed by atoms with E-state index < -0.39 is 28.5 Å². The Labute approximate surface area is 271 Å². The highest BCUT2D eigenvalue weighted by molar-refractivity contribution is 9.10. The summed E-state index contributed by atoms with van der Waals surface area (Å²) in [6, 6.07) is 26.7. The lowest BCUT2D eigenvalue weighted by atomic mass is 10.0. The number of nitrogens with one attached hydrogen (secondary N) is 1. The fraction of sp³-hybridized carbons (Fsp3) is 0.212. The van der Waals surface area contributed by atoms with E-state index >= 15 is 0 Å². The number of amides is 2. The Kier molecular flexibility index (Phi) is 11.1. The molecule has 0 aliphatic heterocycles. The molecule has 2 amide bonds. The average molecular weight is 699 g/mol. The van der Waals surface area contributed by atoms with Crippen LogP contribution in [0.5, 0.6) is 5.75 Å². The lowest BCUT2D eigenvalue weighted by Crippen LogP contribution is -2.53. The normalized spacial score (nSPS) is 11.8. The first kappa shape index (κ1) is 33.0. The molecule has 0 radical (unpaired) electrons. The lowest BCUT2D eigenvalue weighted by molar-refractivity contribution is -0.139. The predicted octanol–water partition coefficient (Wildman–Crippen LogP) is 6.00. The molecule has 0 aromatic heterocycles. The number of anilines is 1. The van der Waals surface area contributed by atoms with Crippen molar-refractivity contribution in [3.63, 3.8) is 0 Å². The minimum atomic E-state index is -4.25. The minimum Gasteiger partial charge on any atom is -0.496 e. The first-order valence-electron chi connectivity index (χ1n) is 13.8. The Balaban J connectivity index is 1.80. The van der Waals surface area contributed by atoms with Crippen LogP contribution in [0.15, 0.2) is 106 Å². The Bertz CT molecular complexity index is 1720. The van der Waals surface area contributed by atoms with Crippen LogP contribution < -0.4 is 14.4 Å². The van der Waals surface area contributed by atoms with Crippen LogP contribution in [0.1, 0.15) is 16.7 Å².